The third-order valence-corrected chi connectivity index (χ3v) is 7.45. The second-order valence-corrected chi connectivity index (χ2v) is 9.69. The SMILES string of the molecule is O=S(=O)(CCc1ccccc1)N1CCN(c2ccc(-c3ccccc3Cl)nn2)CC1. The maximum atomic E-state index is 12.7. The molecule has 4 rings (SSSR count). The zero-order valence-electron chi connectivity index (χ0n) is 16.5. The quantitative estimate of drug-likeness (QED) is 0.584. The molecule has 0 amide bonds. The minimum absolute atomic E-state index is 0.128. The maximum absolute atomic E-state index is 12.7. The van der Waals surface area contributed by atoms with E-state index in [4.69, 9.17) is 11.6 Å². The van der Waals surface area contributed by atoms with Crippen LogP contribution in [0.4, 0.5) is 5.82 Å². The highest BCUT2D eigenvalue weighted by Gasteiger charge is 2.27. The van der Waals surface area contributed by atoms with Crippen LogP contribution >= 0.6 is 11.6 Å². The zero-order valence-corrected chi connectivity index (χ0v) is 18.1. The lowest BCUT2D eigenvalue weighted by Crippen LogP contribution is -2.49. The smallest absolute Gasteiger partial charge is 0.214 e. The fraction of sp³-hybridized carbons (Fsp3) is 0.273. The first-order chi connectivity index (χ1) is 14.5. The van der Waals surface area contributed by atoms with E-state index in [1.54, 1.807) is 4.31 Å². The standard InChI is InChI=1S/C22H23ClN4O2S/c23-20-9-5-4-8-19(20)21-10-11-22(25-24-21)26-13-15-27(16-14-26)30(28,29)17-12-18-6-2-1-3-7-18/h1-11H,12-17H2. The Morgan fingerprint density at radius 3 is 2.20 bits per heavy atom. The fourth-order valence-corrected chi connectivity index (χ4v) is 5.23. The summed E-state index contributed by atoms with van der Waals surface area (Å²) in [6, 6.07) is 21.0. The van der Waals surface area contributed by atoms with Gasteiger partial charge in [0.1, 0.15) is 0 Å². The lowest BCUT2D eigenvalue weighted by atomic mass is 10.1. The van der Waals surface area contributed by atoms with Crippen molar-refractivity contribution in [2.24, 2.45) is 0 Å². The molecular weight excluding hydrogens is 420 g/mol. The van der Waals surface area contributed by atoms with Crippen LogP contribution in [0.3, 0.4) is 0 Å². The monoisotopic (exact) mass is 442 g/mol. The normalized spacial score (nSPS) is 15.3. The Bertz CT molecular complexity index is 1080. The van der Waals surface area contributed by atoms with Gasteiger partial charge in [-0.1, -0.05) is 60.1 Å². The molecule has 0 bridgehead atoms. The minimum Gasteiger partial charge on any atom is -0.352 e. The fourth-order valence-electron chi connectivity index (χ4n) is 3.52. The van der Waals surface area contributed by atoms with E-state index in [1.165, 1.54) is 0 Å². The average molecular weight is 443 g/mol. The number of nitrogens with zero attached hydrogens (tertiary/aromatic N) is 4. The van der Waals surface area contributed by atoms with Gasteiger partial charge in [-0.15, -0.1) is 10.2 Å². The van der Waals surface area contributed by atoms with Crippen molar-refractivity contribution in [1.82, 2.24) is 14.5 Å². The van der Waals surface area contributed by atoms with Crippen LogP contribution in [0.2, 0.25) is 5.02 Å². The van der Waals surface area contributed by atoms with Gasteiger partial charge in [-0.3, -0.25) is 0 Å². The van der Waals surface area contributed by atoms with E-state index in [9.17, 15) is 8.42 Å². The number of piperazine rings is 1. The lowest BCUT2D eigenvalue weighted by Gasteiger charge is -2.34. The number of hydrogen-bond donors (Lipinski definition) is 0. The van der Waals surface area contributed by atoms with Crippen LogP contribution in [0.1, 0.15) is 5.56 Å². The summed E-state index contributed by atoms with van der Waals surface area (Å²) in [7, 11) is -3.28. The van der Waals surface area contributed by atoms with Gasteiger partial charge in [0.2, 0.25) is 10.0 Å². The van der Waals surface area contributed by atoms with E-state index < -0.39 is 10.0 Å². The summed E-state index contributed by atoms with van der Waals surface area (Å²) >= 11 is 6.23. The minimum atomic E-state index is -3.28. The summed E-state index contributed by atoms with van der Waals surface area (Å²) in [5.41, 5.74) is 2.59. The molecule has 2 heterocycles. The third kappa shape index (κ3) is 4.80. The molecule has 30 heavy (non-hydrogen) atoms. The van der Waals surface area contributed by atoms with Crippen molar-refractivity contribution in [3.05, 3.63) is 77.3 Å². The Morgan fingerprint density at radius 1 is 0.833 bits per heavy atom. The molecule has 0 spiro atoms. The van der Waals surface area contributed by atoms with E-state index in [2.05, 4.69) is 15.1 Å². The number of halogens is 1. The van der Waals surface area contributed by atoms with Gasteiger partial charge in [-0.25, -0.2) is 8.42 Å². The molecule has 1 fully saturated rings. The molecule has 0 radical (unpaired) electrons. The second kappa shape index (κ2) is 9.12. The number of sulfonamides is 1. The molecule has 1 aliphatic heterocycles. The number of aromatic nitrogens is 2. The number of rotatable bonds is 6. The van der Waals surface area contributed by atoms with Gasteiger partial charge in [0.05, 0.1) is 16.5 Å². The van der Waals surface area contributed by atoms with Crippen molar-refractivity contribution >= 4 is 27.4 Å². The number of benzene rings is 2. The number of anilines is 1. The molecule has 0 aliphatic carbocycles. The summed E-state index contributed by atoms with van der Waals surface area (Å²) in [6.07, 6.45) is 0.526. The Hall–Kier alpha value is -2.48. The second-order valence-electron chi connectivity index (χ2n) is 7.19. The van der Waals surface area contributed by atoms with Gasteiger partial charge in [0, 0.05) is 31.7 Å². The van der Waals surface area contributed by atoms with E-state index >= 15 is 0 Å². The molecule has 1 saturated heterocycles. The van der Waals surface area contributed by atoms with Crippen LogP contribution in [0.15, 0.2) is 66.7 Å². The topological polar surface area (TPSA) is 66.4 Å². The van der Waals surface area contributed by atoms with E-state index in [-0.39, 0.29) is 5.75 Å². The van der Waals surface area contributed by atoms with Crippen LogP contribution in [0.25, 0.3) is 11.3 Å². The predicted molar refractivity (Wildman–Crippen MR) is 120 cm³/mol. The summed E-state index contributed by atoms with van der Waals surface area (Å²) < 4.78 is 27.0. The summed E-state index contributed by atoms with van der Waals surface area (Å²) in [6.45, 7) is 2.07. The molecule has 1 aromatic heterocycles. The largest absolute Gasteiger partial charge is 0.352 e. The summed E-state index contributed by atoms with van der Waals surface area (Å²) in [5.74, 6) is 0.871. The Labute approximate surface area is 182 Å². The molecule has 8 heteroatoms. The van der Waals surface area contributed by atoms with Crippen molar-refractivity contribution in [2.45, 2.75) is 6.42 Å². The third-order valence-electron chi connectivity index (χ3n) is 5.25. The molecule has 2 aromatic carbocycles. The molecule has 6 nitrogen and oxygen atoms in total. The van der Waals surface area contributed by atoms with Gasteiger partial charge in [-0.05, 0) is 30.2 Å². The van der Waals surface area contributed by atoms with Crippen molar-refractivity contribution in [1.29, 1.82) is 0 Å². The maximum Gasteiger partial charge on any atom is 0.214 e. The molecule has 0 unspecified atom stereocenters. The van der Waals surface area contributed by atoms with Crippen molar-refractivity contribution in [3.63, 3.8) is 0 Å². The van der Waals surface area contributed by atoms with E-state index in [0.717, 1.165) is 16.9 Å². The van der Waals surface area contributed by atoms with Gasteiger partial charge in [-0.2, -0.15) is 4.31 Å². The van der Waals surface area contributed by atoms with Crippen LogP contribution in [0.5, 0.6) is 0 Å². The molecule has 0 atom stereocenters. The highest BCUT2D eigenvalue weighted by atomic mass is 35.5. The Balaban J connectivity index is 1.35. The highest BCUT2D eigenvalue weighted by molar-refractivity contribution is 7.89. The van der Waals surface area contributed by atoms with Gasteiger partial charge in [0.15, 0.2) is 5.82 Å². The predicted octanol–water partition coefficient (Wildman–Crippen LogP) is 3.49. The molecule has 0 saturated carbocycles. The first-order valence-corrected chi connectivity index (χ1v) is 11.9. The van der Waals surface area contributed by atoms with E-state index in [0.29, 0.717) is 43.3 Å². The van der Waals surface area contributed by atoms with Gasteiger partial charge in [0.25, 0.3) is 0 Å². The van der Waals surface area contributed by atoms with Crippen molar-refractivity contribution in [2.75, 3.05) is 36.8 Å². The molecule has 0 N–H and O–H groups in total. The van der Waals surface area contributed by atoms with Crippen molar-refractivity contribution in [3.8, 4) is 11.3 Å². The van der Waals surface area contributed by atoms with Gasteiger partial charge >= 0.3 is 0 Å². The van der Waals surface area contributed by atoms with Gasteiger partial charge < -0.3 is 4.90 Å². The van der Waals surface area contributed by atoms with Crippen LogP contribution < -0.4 is 4.90 Å². The Kier molecular flexibility index (Phi) is 6.32. The molecule has 156 valence electrons. The summed E-state index contributed by atoms with van der Waals surface area (Å²) in [5, 5.41) is 9.27. The zero-order chi connectivity index (χ0) is 21.0. The molecular formula is C22H23ClN4O2S. The average Bonchev–Trinajstić information content (AvgIpc) is 2.79. The highest BCUT2D eigenvalue weighted by Crippen LogP contribution is 2.26. The number of hydrogen-bond acceptors (Lipinski definition) is 5. The lowest BCUT2D eigenvalue weighted by molar-refractivity contribution is 0.383. The van der Waals surface area contributed by atoms with E-state index in [1.807, 2.05) is 66.7 Å². The molecule has 3 aromatic rings. The van der Waals surface area contributed by atoms with Crippen molar-refractivity contribution < 1.29 is 8.42 Å². The van der Waals surface area contributed by atoms with Crippen LogP contribution in [-0.4, -0.2) is 54.9 Å². The van der Waals surface area contributed by atoms with Crippen LogP contribution in [0, 0.1) is 0 Å². The first-order valence-electron chi connectivity index (χ1n) is 9.88. The summed E-state index contributed by atoms with van der Waals surface area (Å²) in [4.78, 5) is 2.06. The number of aryl methyl sites for hydroxylation is 1. The van der Waals surface area contributed by atoms with Crippen LogP contribution in [-0.2, 0) is 16.4 Å². The first kappa shape index (κ1) is 20.8. The Morgan fingerprint density at radius 2 is 1.53 bits per heavy atom. The molecule has 1 aliphatic rings.